The average molecular weight is 328 g/mol. The molecule has 0 unspecified atom stereocenters. The van der Waals surface area contributed by atoms with Crippen LogP contribution in [0.3, 0.4) is 0 Å². The predicted molar refractivity (Wildman–Crippen MR) is 74.5 cm³/mol. The number of rotatable bonds is 5. The van der Waals surface area contributed by atoms with Gasteiger partial charge in [0.1, 0.15) is 4.90 Å². The molecule has 0 spiro atoms. The Morgan fingerprint density at radius 1 is 1.33 bits per heavy atom. The standard InChI is InChI=1S/C12H10ClN3O4S/c13-10-4-3-8(12(17)18)6-11(10)21(19,20)15-7-9-2-1-5-14-16-9/h1-6,15H,7H2,(H,17,18). The molecule has 1 aromatic carbocycles. The Labute approximate surface area is 125 Å². The molecule has 0 aliphatic heterocycles. The molecule has 2 N–H and O–H groups in total. The van der Waals surface area contributed by atoms with Crippen LogP contribution in [-0.4, -0.2) is 29.7 Å². The normalized spacial score (nSPS) is 11.3. The number of carboxylic acid groups (broad SMARTS) is 1. The predicted octanol–water partition coefficient (Wildman–Crippen LogP) is 1.31. The van der Waals surface area contributed by atoms with E-state index >= 15 is 0 Å². The van der Waals surface area contributed by atoms with Crippen molar-refractivity contribution in [2.45, 2.75) is 11.4 Å². The first kappa shape index (κ1) is 15.4. The summed E-state index contributed by atoms with van der Waals surface area (Å²) in [4.78, 5) is 10.6. The molecule has 2 rings (SSSR count). The third-order valence-electron chi connectivity index (χ3n) is 2.54. The first-order chi connectivity index (χ1) is 9.90. The van der Waals surface area contributed by atoms with Crippen LogP contribution < -0.4 is 4.72 Å². The van der Waals surface area contributed by atoms with Crippen molar-refractivity contribution in [1.29, 1.82) is 0 Å². The second-order valence-electron chi connectivity index (χ2n) is 3.99. The van der Waals surface area contributed by atoms with Gasteiger partial charge in [0.25, 0.3) is 0 Å². The van der Waals surface area contributed by atoms with E-state index in [2.05, 4.69) is 14.9 Å². The number of aromatic nitrogens is 2. The van der Waals surface area contributed by atoms with Crippen molar-refractivity contribution in [2.75, 3.05) is 0 Å². The molecule has 21 heavy (non-hydrogen) atoms. The highest BCUT2D eigenvalue weighted by Gasteiger charge is 2.20. The van der Waals surface area contributed by atoms with Gasteiger partial charge in [0.15, 0.2) is 0 Å². The minimum Gasteiger partial charge on any atom is -0.478 e. The Bertz CT molecular complexity index is 765. The number of carboxylic acids is 1. The number of hydrogen-bond donors (Lipinski definition) is 2. The number of carbonyl (C=O) groups is 1. The summed E-state index contributed by atoms with van der Waals surface area (Å²) in [5.74, 6) is -1.24. The molecule has 110 valence electrons. The molecule has 0 atom stereocenters. The summed E-state index contributed by atoms with van der Waals surface area (Å²) < 4.78 is 26.6. The second-order valence-corrected chi connectivity index (χ2v) is 6.13. The van der Waals surface area contributed by atoms with Crippen LogP contribution in [0.15, 0.2) is 41.4 Å². The van der Waals surface area contributed by atoms with Crippen molar-refractivity contribution in [1.82, 2.24) is 14.9 Å². The molecule has 0 saturated heterocycles. The fourth-order valence-corrected chi connectivity index (χ4v) is 3.04. The average Bonchev–Trinajstić information content (AvgIpc) is 2.46. The van der Waals surface area contributed by atoms with Gasteiger partial charge in [-0.3, -0.25) is 0 Å². The highest BCUT2D eigenvalue weighted by molar-refractivity contribution is 7.89. The highest BCUT2D eigenvalue weighted by Crippen LogP contribution is 2.22. The van der Waals surface area contributed by atoms with Crippen molar-refractivity contribution in [3.8, 4) is 0 Å². The van der Waals surface area contributed by atoms with Crippen LogP contribution in [0.1, 0.15) is 16.1 Å². The summed E-state index contributed by atoms with van der Waals surface area (Å²) >= 11 is 5.83. The van der Waals surface area contributed by atoms with Gasteiger partial charge < -0.3 is 5.11 Å². The molecule has 0 radical (unpaired) electrons. The molecular formula is C12H10ClN3O4S. The Morgan fingerprint density at radius 3 is 2.71 bits per heavy atom. The molecule has 7 nitrogen and oxygen atoms in total. The third-order valence-corrected chi connectivity index (χ3v) is 4.42. The van der Waals surface area contributed by atoms with E-state index < -0.39 is 16.0 Å². The van der Waals surface area contributed by atoms with Gasteiger partial charge in [-0.05, 0) is 30.3 Å². The summed E-state index contributed by atoms with van der Waals surface area (Å²) in [7, 11) is -3.96. The number of sulfonamides is 1. The van der Waals surface area contributed by atoms with Gasteiger partial charge in [0, 0.05) is 6.20 Å². The Morgan fingerprint density at radius 2 is 2.10 bits per heavy atom. The molecule has 0 aliphatic carbocycles. The molecule has 1 aromatic heterocycles. The van der Waals surface area contributed by atoms with Gasteiger partial charge in [-0.15, -0.1) is 0 Å². The van der Waals surface area contributed by atoms with Crippen LogP contribution in [0.5, 0.6) is 0 Å². The molecule has 0 fully saturated rings. The maximum absolute atomic E-state index is 12.2. The lowest BCUT2D eigenvalue weighted by molar-refractivity contribution is 0.0696. The Hall–Kier alpha value is -2.03. The minimum atomic E-state index is -3.96. The van der Waals surface area contributed by atoms with Gasteiger partial charge in [0.05, 0.1) is 22.8 Å². The van der Waals surface area contributed by atoms with Crippen LogP contribution >= 0.6 is 11.6 Å². The van der Waals surface area contributed by atoms with Gasteiger partial charge in [-0.1, -0.05) is 11.6 Å². The van der Waals surface area contributed by atoms with E-state index in [0.29, 0.717) is 5.69 Å². The summed E-state index contributed by atoms with van der Waals surface area (Å²) in [5, 5.41) is 16.2. The van der Waals surface area contributed by atoms with Crippen LogP contribution in [0.4, 0.5) is 0 Å². The molecule has 0 saturated carbocycles. The van der Waals surface area contributed by atoms with E-state index in [1.165, 1.54) is 18.3 Å². The van der Waals surface area contributed by atoms with Crippen LogP contribution in [-0.2, 0) is 16.6 Å². The Balaban J connectivity index is 2.27. The van der Waals surface area contributed by atoms with Crippen LogP contribution in [0.25, 0.3) is 0 Å². The lowest BCUT2D eigenvalue weighted by Gasteiger charge is -2.08. The minimum absolute atomic E-state index is 0.0633. The van der Waals surface area contributed by atoms with Crippen LogP contribution in [0, 0.1) is 0 Å². The van der Waals surface area contributed by atoms with E-state index in [1.54, 1.807) is 12.1 Å². The van der Waals surface area contributed by atoms with Crippen molar-refractivity contribution >= 4 is 27.6 Å². The number of nitrogens with one attached hydrogen (secondary N) is 1. The molecular weight excluding hydrogens is 318 g/mol. The van der Waals surface area contributed by atoms with Crippen molar-refractivity contribution in [2.24, 2.45) is 0 Å². The van der Waals surface area contributed by atoms with Crippen molar-refractivity contribution in [3.63, 3.8) is 0 Å². The zero-order valence-corrected chi connectivity index (χ0v) is 12.1. The van der Waals surface area contributed by atoms with Crippen LogP contribution in [0.2, 0.25) is 5.02 Å². The summed E-state index contributed by atoms with van der Waals surface area (Å²) in [6.07, 6.45) is 1.46. The molecule has 0 bridgehead atoms. The first-order valence-corrected chi connectivity index (χ1v) is 7.55. The van der Waals surface area contributed by atoms with Gasteiger partial charge in [-0.2, -0.15) is 10.2 Å². The van der Waals surface area contributed by atoms with Gasteiger partial charge >= 0.3 is 5.97 Å². The lowest BCUT2D eigenvalue weighted by Crippen LogP contribution is -2.24. The third kappa shape index (κ3) is 3.75. The van der Waals surface area contributed by atoms with Crippen molar-refractivity contribution < 1.29 is 18.3 Å². The lowest BCUT2D eigenvalue weighted by atomic mass is 10.2. The molecule has 2 aromatic rings. The van der Waals surface area contributed by atoms with E-state index in [4.69, 9.17) is 16.7 Å². The van der Waals surface area contributed by atoms with Gasteiger partial charge in [0.2, 0.25) is 10.0 Å². The smallest absolute Gasteiger partial charge is 0.335 e. The highest BCUT2D eigenvalue weighted by atomic mass is 35.5. The molecule has 1 heterocycles. The summed E-state index contributed by atoms with van der Waals surface area (Å²) in [5.41, 5.74) is 0.255. The maximum Gasteiger partial charge on any atom is 0.335 e. The summed E-state index contributed by atoms with van der Waals surface area (Å²) in [6, 6.07) is 6.68. The molecule has 0 amide bonds. The Kier molecular flexibility index (Phi) is 4.51. The van der Waals surface area contributed by atoms with E-state index in [1.807, 2.05) is 0 Å². The number of nitrogens with zero attached hydrogens (tertiary/aromatic N) is 2. The fraction of sp³-hybridized carbons (Fsp3) is 0.0833. The largest absolute Gasteiger partial charge is 0.478 e. The first-order valence-electron chi connectivity index (χ1n) is 5.69. The number of hydrogen-bond acceptors (Lipinski definition) is 5. The topological polar surface area (TPSA) is 109 Å². The molecule has 9 heteroatoms. The zero-order valence-electron chi connectivity index (χ0n) is 10.5. The summed E-state index contributed by atoms with van der Waals surface area (Å²) in [6.45, 7) is -0.0796. The quantitative estimate of drug-likeness (QED) is 0.856. The number of benzene rings is 1. The van der Waals surface area contributed by atoms with E-state index in [9.17, 15) is 13.2 Å². The monoisotopic (exact) mass is 327 g/mol. The van der Waals surface area contributed by atoms with E-state index in [0.717, 1.165) is 6.07 Å². The second kappa shape index (κ2) is 6.17. The molecule has 0 aliphatic rings. The zero-order chi connectivity index (χ0) is 15.5. The number of aromatic carboxylic acids is 1. The fourth-order valence-electron chi connectivity index (χ4n) is 1.52. The number of halogens is 1. The van der Waals surface area contributed by atoms with Crippen molar-refractivity contribution in [3.05, 3.63) is 52.8 Å². The SMILES string of the molecule is O=C(O)c1ccc(Cl)c(S(=O)(=O)NCc2cccnn2)c1. The van der Waals surface area contributed by atoms with Gasteiger partial charge in [-0.25, -0.2) is 17.9 Å². The maximum atomic E-state index is 12.2. The van der Waals surface area contributed by atoms with E-state index in [-0.39, 0.29) is 22.0 Å².